The van der Waals surface area contributed by atoms with Gasteiger partial charge in [0, 0.05) is 11.5 Å². The lowest BCUT2D eigenvalue weighted by Crippen LogP contribution is -2.19. The molecule has 9 heteroatoms. The minimum Gasteiger partial charge on any atom is -0.464 e. The van der Waals surface area contributed by atoms with Crippen LogP contribution in [-0.2, 0) is 14.4 Å². The number of aromatic nitrogens is 2. The number of alkyl halides is 1. The summed E-state index contributed by atoms with van der Waals surface area (Å²) in [4.78, 5) is 19.5. The van der Waals surface area contributed by atoms with E-state index >= 15 is 0 Å². The van der Waals surface area contributed by atoms with Crippen molar-refractivity contribution in [3.05, 3.63) is 5.82 Å². The molecule has 0 aliphatic carbocycles. The van der Waals surface area contributed by atoms with Crippen molar-refractivity contribution in [1.29, 1.82) is 0 Å². The Kier molecular flexibility index (Phi) is 4.58. The van der Waals surface area contributed by atoms with E-state index in [9.17, 15) is 9.18 Å². The first-order chi connectivity index (χ1) is 7.69. The van der Waals surface area contributed by atoms with Gasteiger partial charge in [-0.25, -0.2) is 9.18 Å². The molecule has 16 heavy (non-hydrogen) atoms. The lowest BCUT2D eigenvalue weighted by Gasteiger charge is -1.99. The molecule has 1 aromatic rings. The average Bonchev–Trinajstić information content (AvgIpc) is 2.70. The Bertz CT molecular complexity index is 395. The van der Waals surface area contributed by atoms with E-state index in [1.165, 1.54) is 7.11 Å². The van der Waals surface area contributed by atoms with E-state index in [1.54, 1.807) is 0 Å². The van der Waals surface area contributed by atoms with Gasteiger partial charge in [-0.05, 0) is 0 Å². The number of nitrogens with zero attached hydrogens (tertiary/aromatic N) is 3. The summed E-state index contributed by atoms with van der Waals surface area (Å²) in [6.45, 7) is -0.981. The summed E-state index contributed by atoms with van der Waals surface area (Å²) in [5.41, 5.74) is 5.10. The average molecular weight is 248 g/mol. The maximum Gasteiger partial charge on any atom is 0.364 e. The van der Waals surface area contributed by atoms with Gasteiger partial charge in [0.15, 0.2) is 5.13 Å². The zero-order valence-corrected chi connectivity index (χ0v) is 9.16. The van der Waals surface area contributed by atoms with Gasteiger partial charge in [0.1, 0.15) is 13.3 Å². The van der Waals surface area contributed by atoms with Gasteiger partial charge >= 0.3 is 5.97 Å². The van der Waals surface area contributed by atoms with Crippen molar-refractivity contribution < 1.29 is 18.8 Å². The summed E-state index contributed by atoms with van der Waals surface area (Å²) >= 11 is 0.898. The molecule has 0 spiro atoms. The zero-order valence-electron chi connectivity index (χ0n) is 8.34. The van der Waals surface area contributed by atoms with Crippen LogP contribution in [0.2, 0.25) is 0 Å². The van der Waals surface area contributed by atoms with Crippen LogP contribution in [-0.4, -0.2) is 41.4 Å². The second-order valence-corrected chi connectivity index (χ2v) is 3.19. The van der Waals surface area contributed by atoms with Crippen molar-refractivity contribution >= 4 is 28.3 Å². The number of rotatable bonds is 5. The van der Waals surface area contributed by atoms with Crippen molar-refractivity contribution in [1.82, 2.24) is 9.36 Å². The van der Waals surface area contributed by atoms with Crippen molar-refractivity contribution in [2.75, 3.05) is 26.1 Å². The molecule has 0 amide bonds. The van der Waals surface area contributed by atoms with Gasteiger partial charge in [0.05, 0.1) is 7.11 Å². The van der Waals surface area contributed by atoms with Gasteiger partial charge < -0.3 is 15.3 Å². The maximum atomic E-state index is 11.8. The molecule has 0 aromatic carbocycles. The Hall–Kier alpha value is -1.77. The summed E-state index contributed by atoms with van der Waals surface area (Å²) < 4.78 is 20.0. The second-order valence-electron chi connectivity index (χ2n) is 2.41. The van der Waals surface area contributed by atoms with E-state index < -0.39 is 12.6 Å². The van der Waals surface area contributed by atoms with Gasteiger partial charge in [-0.3, -0.25) is 0 Å². The highest BCUT2D eigenvalue weighted by atomic mass is 32.1. The Balaban J connectivity index is 2.87. The maximum absolute atomic E-state index is 11.8. The van der Waals surface area contributed by atoms with Gasteiger partial charge in [0.2, 0.25) is 11.5 Å². The van der Waals surface area contributed by atoms with E-state index in [2.05, 4.69) is 24.1 Å². The Morgan fingerprint density at radius 1 is 1.69 bits per heavy atom. The molecular formula is C7H9FN4O3S. The number of hydrogen-bond donors (Lipinski definition) is 1. The third-order valence-corrected chi connectivity index (χ3v) is 1.90. The van der Waals surface area contributed by atoms with E-state index in [0.29, 0.717) is 0 Å². The first kappa shape index (κ1) is 12.3. The van der Waals surface area contributed by atoms with Crippen molar-refractivity contribution in [3.63, 3.8) is 0 Å². The molecule has 1 aromatic heterocycles. The topological polar surface area (TPSA) is 99.7 Å². The smallest absolute Gasteiger partial charge is 0.364 e. The third kappa shape index (κ3) is 3.12. The summed E-state index contributed by atoms with van der Waals surface area (Å²) in [7, 11) is 1.17. The summed E-state index contributed by atoms with van der Waals surface area (Å²) in [6.07, 6.45) is 0. The normalized spacial score (nSPS) is 11.2. The molecule has 1 heterocycles. The highest BCUT2D eigenvalue weighted by Gasteiger charge is 2.20. The number of hydrogen-bond acceptors (Lipinski definition) is 8. The number of methoxy groups -OCH3 is 1. The molecule has 0 aliphatic rings. The van der Waals surface area contributed by atoms with Crippen LogP contribution in [0.3, 0.4) is 0 Å². The first-order valence-corrected chi connectivity index (χ1v) is 4.90. The molecule has 0 fully saturated rings. The number of oxime groups is 1. The molecule has 0 saturated carbocycles. The molecule has 2 N–H and O–H groups in total. The molecule has 0 unspecified atom stereocenters. The number of esters is 1. The third-order valence-electron chi connectivity index (χ3n) is 1.36. The highest BCUT2D eigenvalue weighted by molar-refractivity contribution is 7.09. The van der Waals surface area contributed by atoms with Crippen LogP contribution < -0.4 is 5.73 Å². The summed E-state index contributed by atoms with van der Waals surface area (Å²) in [6, 6.07) is 0. The van der Waals surface area contributed by atoms with E-state index in [4.69, 9.17) is 5.73 Å². The Morgan fingerprint density at radius 2 is 2.44 bits per heavy atom. The van der Waals surface area contributed by atoms with Gasteiger partial charge in [-0.1, -0.05) is 5.16 Å². The van der Waals surface area contributed by atoms with Crippen molar-refractivity contribution in [2.24, 2.45) is 5.16 Å². The SMILES string of the molecule is COC(=O)/C(=N\OCCF)c1nsc(N)n1. The van der Waals surface area contributed by atoms with Crippen LogP contribution in [0.5, 0.6) is 0 Å². The lowest BCUT2D eigenvalue weighted by molar-refractivity contribution is -0.132. The largest absolute Gasteiger partial charge is 0.464 e. The number of ether oxygens (including phenoxy) is 1. The lowest BCUT2D eigenvalue weighted by atomic mass is 10.4. The van der Waals surface area contributed by atoms with Crippen LogP contribution in [0.25, 0.3) is 0 Å². The van der Waals surface area contributed by atoms with Gasteiger partial charge in [-0.2, -0.15) is 9.36 Å². The summed E-state index contributed by atoms with van der Waals surface area (Å²) in [5.74, 6) is -0.787. The minimum atomic E-state index is -0.781. The van der Waals surface area contributed by atoms with Crippen molar-refractivity contribution in [2.45, 2.75) is 0 Å². The number of carbonyl (C=O) groups excluding carboxylic acids is 1. The van der Waals surface area contributed by atoms with Crippen molar-refractivity contribution in [3.8, 4) is 0 Å². The number of carbonyl (C=O) groups is 1. The number of anilines is 1. The minimum absolute atomic E-state index is 0.00629. The fraction of sp³-hybridized carbons (Fsp3) is 0.429. The quantitative estimate of drug-likeness (QED) is 0.340. The molecule has 0 saturated heterocycles. The molecule has 0 radical (unpaired) electrons. The molecule has 7 nitrogen and oxygen atoms in total. The van der Waals surface area contributed by atoms with E-state index in [-0.39, 0.29) is 23.3 Å². The Labute approximate surface area is 94.2 Å². The van der Waals surface area contributed by atoms with Crippen LogP contribution in [0, 0.1) is 0 Å². The van der Waals surface area contributed by atoms with E-state index in [1.807, 2.05) is 0 Å². The monoisotopic (exact) mass is 248 g/mol. The number of nitrogens with two attached hydrogens (primary N) is 1. The van der Waals surface area contributed by atoms with Crippen LogP contribution >= 0.6 is 11.5 Å². The summed E-state index contributed by atoms with van der Waals surface area (Å²) in [5, 5.41) is 3.57. The van der Waals surface area contributed by atoms with Gasteiger partial charge in [0.25, 0.3) is 0 Å². The fourth-order valence-electron chi connectivity index (χ4n) is 0.742. The first-order valence-electron chi connectivity index (χ1n) is 4.12. The predicted molar refractivity (Wildman–Crippen MR) is 54.8 cm³/mol. The molecule has 1 rings (SSSR count). The molecule has 0 aliphatic heterocycles. The van der Waals surface area contributed by atoms with E-state index in [0.717, 1.165) is 11.5 Å². The highest BCUT2D eigenvalue weighted by Crippen LogP contribution is 2.07. The van der Waals surface area contributed by atoms with Crippen LogP contribution in [0.15, 0.2) is 5.16 Å². The molecule has 88 valence electrons. The molecule has 0 atom stereocenters. The second kappa shape index (κ2) is 5.95. The zero-order chi connectivity index (χ0) is 12.0. The molecule has 0 bridgehead atoms. The fourth-order valence-corrected chi connectivity index (χ4v) is 1.18. The number of nitrogen functional groups attached to an aromatic ring is 1. The standard InChI is InChI=1S/C7H9FN4O3S/c1-14-6(13)4(11-15-3-2-8)5-10-7(9)16-12-5/h2-3H2,1H3,(H2,9,10,12)/b11-4-. The predicted octanol–water partition coefficient (Wildman–Crippen LogP) is -0.0165. The molecular weight excluding hydrogens is 239 g/mol. The number of halogens is 1. The van der Waals surface area contributed by atoms with Gasteiger partial charge in [-0.15, -0.1) is 0 Å². The Morgan fingerprint density at radius 3 is 2.94 bits per heavy atom. The van der Waals surface area contributed by atoms with Crippen LogP contribution in [0.4, 0.5) is 9.52 Å². The van der Waals surface area contributed by atoms with Crippen LogP contribution in [0.1, 0.15) is 5.82 Å².